The summed E-state index contributed by atoms with van der Waals surface area (Å²) >= 11 is 0. The third-order valence-electron chi connectivity index (χ3n) is 3.08. The molecule has 100 valence electrons. The molecule has 1 N–H and O–H groups in total. The van der Waals surface area contributed by atoms with Crippen LogP contribution < -0.4 is 5.32 Å². The van der Waals surface area contributed by atoms with Crippen LogP contribution in [0.4, 0.5) is 0 Å². The number of nitrogens with one attached hydrogen (secondary N) is 1. The molecule has 0 aromatic carbocycles. The maximum Gasteiger partial charge on any atom is 0.373 e. The van der Waals surface area contributed by atoms with Gasteiger partial charge in [0, 0.05) is 6.61 Å². The van der Waals surface area contributed by atoms with Crippen molar-refractivity contribution in [2.75, 3.05) is 20.3 Å². The molecule has 0 radical (unpaired) electrons. The van der Waals surface area contributed by atoms with Crippen molar-refractivity contribution < 1.29 is 18.7 Å². The normalized spacial score (nSPS) is 20.9. The van der Waals surface area contributed by atoms with Gasteiger partial charge in [0.05, 0.1) is 19.3 Å². The van der Waals surface area contributed by atoms with E-state index in [1.807, 2.05) is 6.92 Å². The summed E-state index contributed by atoms with van der Waals surface area (Å²) in [4.78, 5) is 11.4. The Kier molecular flexibility index (Phi) is 4.38. The van der Waals surface area contributed by atoms with Gasteiger partial charge in [0.15, 0.2) is 0 Å². The van der Waals surface area contributed by atoms with E-state index in [1.165, 1.54) is 7.11 Å². The zero-order valence-electron chi connectivity index (χ0n) is 10.8. The lowest BCUT2D eigenvalue weighted by molar-refractivity contribution is 0.0541. The standard InChI is InChI=1S/C13H19NO4/c1-3-14-12(9-5-4-8-17-9)10-6-7-11(18-10)13(15)16-2/h6-7,9,12,14H,3-5,8H2,1-2H3. The molecule has 18 heavy (non-hydrogen) atoms. The Morgan fingerprint density at radius 1 is 1.61 bits per heavy atom. The second kappa shape index (κ2) is 6.02. The van der Waals surface area contributed by atoms with Crippen molar-refractivity contribution in [2.45, 2.75) is 31.9 Å². The number of esters is 1. The van der Waals surface area contributed by atoms with Gasteiger partial charge in [-0.15, -0.1) is 0 Å². The highest BCUT2D eigenvalue weighted by Gasteiger charge is 2.29. The lowest BCUT2D eigenvalue weighted by atomic mass is 10.1. The second-order valence-corrected chi connectivity index (χ2v) is 4.28. The Morgan fingerprint density at radius 3 is 3.06 bits per heavy atom. The van der Waals surface area contributed by atoms with Crippen LogP contribution in [0.3, 0.4) is 0 Å². The van der Waals surface area contributed by atoms with Crippen molar-refractivity contribution in [3.63, 3.8) is 0 Å². The van der Waals surface area contributed by atoms with Crippen LogP contribution in [0.2, 0.25) is 0 Å². The number of ether oxygens (including phenoxy) is 2. The van der Waals surface area contributed by atoms with Crippen molar-refractivity contribution in [1.29, 1.82) is 0 Å². The molecule has 2 unspecified atom stereocenters. The smallest absolute Gasteiger partial charge is 0.373 e. The Bertz CT molecular complexity index is 395. The first-order chi connectivity index (χ1) is 8.76. The summed E-state index contributed by atoms with van der Waals surface area (Å²) in [5, 5.41) is 3.34. The second-order valence-electron chi connectivity index (χ2n) is 4.28. The molecule has 0 aliphatic carbocycles. The van der Waals surface area contributed by atoms with Crippen molar-refractivity contribution in [2.24, 2.45) is 0 Å². The van der Waals surface area contributed by atoms with E-state index in [9.17, 15) is 4.79 Å². The maximum atomic E-state index is 11.4. The van der Waals surface area contributed by atoms with Gasteiger partial charge in [0.2, 0.25) is 5.76 Å². The van der Waals surface area contributed by atoms with Gasteiger partial charge in [-0.1, -0.05) is 6.92 Å². The molecule has 2 heterocycles. The van der Waals surface area contributed by atoms with E-state index >= 15 is 0 Å². The first-order valence-electron chi connectivity index (χ1n) is 6.29. The van der Waals surface area contributed by atoms with Crippen molar-refractivity contribution in [3.05, 3.63) is 23.7 Å². The van der Waals surface area contributed by atoms with Crippen LogP contribution in [0.15, 0.2) is 16.5 Å². The fraction of sp³-hybridized carbons (Fsp3) is 0.615. The van der Waals surface area contributed by atoms with E-state index in [0.29, 0.717) is 0 Å². The average molecular weight is 253 g/mol. The molecule has 5 heteroatoms. The third-order valence-corrected chi connectivity index (χ3v) is 3.08. The summed E-state index contributed by atoms with van der Waals surface area (Å²) in [6.07, 6.45) is 2.19. The van der Waals surface area contributed by atoms with Crippen molar-refractivity contribution in [1.82, 2.24) is 5.32 Å². The van der Waals surface area contributed by atoms with E-state index in [-0.39, 0.29) is 17.9 Å². The predicted molar refractivity (Wildman–Crippen MR) is 65.4 cm³/mol. The molecule has 1 aromatic heterocycles. The molecular formula is C13H19NO4. The summed E-state index contributed by atoms with van der Waals surface area (Å²) in [6, 6.07) is 3.44. The summed E-state index contributed by atoms with van der Waals surface area (Å²) in [5.74, 6) is 0.501. The number of carbonyl (C=O) groups excluding carboxylic acids is 1. The predicted octanol–water partition coefficient (Wildman–Crippen LogP) is 1.90. The monoisotopic (exact) mass is 253 g/mol. The van der Waals surface area contributed by atoms with Gasteiger partial charge in [0.1, 0.15) is 5.76 Å². The van der Waals surface area contributed by atoms with Gasteiger partial charge in [-0.3, -0.25) is 0 Å². The minimum Gasteiger partial charge on any atom is -0.463 e. The fourth-order valence-corrected chi connectivity index (χ4v) is 2.23. The topological polar surface area (TPSA) is 60.7 Å². The van der Waals surface area contributed by atoms with Crippen molar-refractivity contribution in [3.8, 4) is 0 Å². The zero-order chi connectivity index (χ0) is 13.0. The van der Waals surface area contributed by atoms with E-state index in [4.69, 9.17) is 9.15 Å². The molecule has 1 aliphatic heterocycles. The van der Waals surface area contributed by atoms with Crippen LogP contribution in [0.1, 0.15) is 42.1 Å². The van der Waals surface area contributed by atoms with E-state index in [0.717, 1.165) is 31.8 Å². The number of rotatable bonds is 5. The molecule has 1 aromatic rings. The van der Waals surface area contributed by atoms with Gasteiger partial charge in [-0.25, -0.2) is 4.79 Å². The Hall–Kier alpha value is -1.33. The molecular weight excluding hydrogens is 234 g/mol. The number of methoxy groups -OCH3 is 1. The molecule has 0 spiro atoms. The number of hydrogen-bond acceptors (Lipinski definition) is 5. The Labute approximate surface area is 106 Å². The number of hydrogen-bond donors (Lipinski definition) is 1. The van der Waals surface area contributed by atoms with Gasteiger partial charge in [-0.05, 0) is 31.5 Å². The van der Waals surface area contributed by atoms with Gasteiger partial charge in [-0.2, -0.15) is 0 Å². The Morgan fingerprint density at radius 2 is 2.44 bits per heavy atom. The lowest BCUT2D eigenvalue weighted by Gasteiger charge is -2.21. The van der Waals surface area contributed by atoms with Crippen LogP contribution in [-0.2, 0) is 9.47 Å². The summed E-state index contributed by atoms with van der Waals surface area (Å²) in [7, 11) is 1.34. The maximum absolute atomic E-state index is 11.4. The summed E-state index contributed by atoms with van der Waals surface area (Å²) in [6.45, 7) is 3.64. The molecule has 2 atom stereocenters. The summed E-state index contributed by atoms with van der Waals surface area (Å²) in [5.41, 5.74) is 0. The first-order valence-corrected chi connectivity index (χ1v) is 6.29. The van der Waals surface area contributed by atoms with Gasteiger partial charge in [0.25, 0.3) is 0 Å². The van der Waals surface area contributed by atoms with E-state index in [2.05, 4.69) is 10.1 Å². The highest BCUT2D eigenvalue weighted by molar-refractivity contribution is 5.86. The highest BCUT2D eigenvalue weighted by Crippen LogP contribution is 2.28. The quantitative estimate of drug-likeness (QED) is 0.812. The minimum atomic E-state index is -0.455. The van der Waals surface area contributed by atoms with Crippen LogP contribution in [-0.4, -0.2) is 32.3 Å². The molecule has 5 nitrogen and oxygen atoms in total. The fourth-order valence-electron chi connectivity index (χ4n) is 2.23. The molecule has 2 rings (SSSR count). The average Bonchev–Trinajstić information content (AvgIpc) is 3.06. The lowest BCUT2D eigenvalue weighted by Crippen LogP contribution is -2.31. The largest absolute Gasteiger partial charge is 0.463 e. The molecule has 1 fully saturated rings. The molecule has 0 saturated carbocycles. The van der Waals surface area contributed by atoms with Crippen LogP contribution in [0.25, 0.3) is 0 Å². The van der Waals surface area contributed by atoms with E-state index in [1.54, 1.807) is 12.1 Å². The molecule has 0 amide bonds. The number of furan rings is 1. The van der Waals surface area contributed by atoms with Gasteiger partial charge < -0.3 is 19.2 Å². The number of likely N-dealkylation sites (N-methyl/N-ethyl adjacent to an activating group) is 1. The molecule has 1 saturated heterocycles. The zero-order valence-corrected chi connectivity index (χ0v) is 10.8. The third kappa shape index (κ3) is 2.73. The molecule has 0 bridgehead atoms. The van der Waals surface area contributed by atoms with E-state index < -0.39 is 5.97 Å². The highest BCUT2D eigenvalue weighted by atomic mass is 16.5. The van der Waals surface area contributed by atoms with Crippen LogP contribution in [0, 0.1) is 0 Å². The molecule has 1 aliphatic rings. The number of carbonyl (C=O) groups is 1. The van der Waals surface area contributed by atoms with Gasteiger partial charge >= 0.3 is 5.97 Å². The van der Waals surface area contributed by atoms with Crippen molar-refractivity contribution >= 4 is 5.97 Å². The minimum absolute atomic E-state index is 0.00379. The van der Waals surface area contributed by atoms with Crippen LogP contribution >= 0.6 is 0 Å². The summed E-state index contributed by atoms with van der Waals surface area (Å²) < 4.78 is 15.9. The van der Waals surface area contributed by atoms with Crippen LogP contribution in [0.5, 0.6) is 0 Å². The first kappa shape index (κ1) is 13.1. The SMILES string of the molecule is CCNC(c1ccc(C(=O)OC)o1)C1CCCO1. The Balaban J connectivity index is 2.14.